The molecule has 0 aliphatic carbocycles. The standard InChI is InChI=1S/C29H25ClN2O6S/c1-5-37-28(34)25-16(2)31-29-32(26(25)18-8-12-22(35-3)23(14-18)36-4)27(33)24(39-29)15-20-11-13-21(38-20)17-6-9-19(30)10-7-17/h6-15,26H,5H2,1-4H3/b24-15+/t26-/m1/s1. The summed E-state index contributed by atoms with van der Waals surface area (Å²) < 4.78 is 24.2. The van der Waals surface area contributed by atoms with E-state index in [1.54, 1.807) is 63.4 Å². The van der Waals surface area contributed by atoms with E-state index in [1.807, 2.05) is 18.2 Å². The predicted molar refractivity (Wildman–Crippen MR) is 149 cm³/mol. The van der Waals surface area contributed by atoms with Crippen LogP contribution in [-0.4, -0.2) is 31.4 Å². The summed E-state index contributed by atoms with van der Waals surface area (Å²) in [6, 6.07) is 15.4. The Morgan fingerprint density at radius 1 is 1.10 bits per heavy atom. The summed E-state index contributed by atoms with van der Waals surface area (Å²) in [5, 5.41) is 0.633. The largest absolute Gasteiger partial charge is 0.493 e. The molecule has 2 aromatic heterocycles. The number of thiazole rings is 1. The molecule has 2 aromatic carbocycles. The summed E-state index contributed by atoms with van der Waals surface area (Å²) in [4.78, 5) is 32.0. The summed E-state index contributed by atoms with van der Waals surface area (Å²) >= 11 is 7.22. The minimum atomic E-state index is -0.775. The summed E-state index contributed by atoms with van der Waals surface area (Å²) in [7, 11) is 3.07. The molecule has 1 aliphatic rings. The molecule has 0 bridgehead atoms. The fraction of sp³-hybridized carbons (Fsp3) is 0.207. The molecule has 1 aliphatic heterocycles. The molecule has 200 valence electrons. The second-order valence-electron chi connectivity index (χ2n) is 8.63. The maximum Gasteiger partial charge on any atom is 0.338 e. The summed E-state index contributed by atoms with van der Waals surface area (Å²) in [5.74, 6) is 1.62. The number of esters is 1. The molecule has 1 atom stereocenters. The first-order valence-corrected chi connectivity index (χ1v) is 13.3. The van der Waals surface area contributed by atoms with Gasteiger partial charge in [-0.3, -0.25) is 9.36 Å². The molecule has 0 amide bonds. The molecule has 4 aromatic rings. The minimum absolute atomic E-state index is 0.188. The molecule has 10 heteroatoms. The van der Waals surface area contributed by atoms with Crippen LogP contribution in [0, 0.1) is 0 Å². The van der Waals surface area contributed by atoms with E-state index in [2.05, 4.69) is 4.99 Å². The molecule has 5 rings (SSSR count). The first-order valence-electron chi connectivity index (χ1n) is 12.1. The highest BCUT2D eigenvalue weighted by molar-refractivity contribution is 7.07. The Hall–Kier alpha value is -4.08. The number of benzene rings is 2. The SMILES string of the molecule is CCOC(=O)C1=C(C)N=c2s/c(=C/c3ccc(-c4ccc(Cl)cc4)o3)c(=O)n2[C@@H]1c1ccc(OC)c(OC)c1. The van der Waals surface area contributed by atoms with Gasteiger partial charge in [0.05, 0.1) is 42.7 Å². The minimum Gasteiger partial charge on any atom is -0.493 e. The number of methoxy groups -OCH3 is 2. The number of ether oxygens (including phenoxy) is 3. The van der Waals surface area contributed by atoms with E-state index in [1.165, 1.54) is 23.0 Å². The van der Waals surface area contributed by atoms with E-state index in [-0.39, 0.29) is 17.7 Å². The molecule has 8 nitrogen and oxygen atoms in total. The maximum absolute atomic E-state index is 13.8. The Balaban J connectivity index is 1.65. The van der Waals surface area contributed by atoms with Gasteiger partial charge >= 0.3 is 5.97 Å². The Morgan fingerprint density at radius 3 is 2.54 bits per heavy atom. The monoisotopic (exact) mass is 564 g/mol. The molecule has 0 radical (unpaired) electrons. The Kier molecular flexibility index (Phi) is 7.45. The van der Waals surface area contributed by atoms with Crippen LogP contribution in [0.2, 0.25) is 5.02 Å². The molecular weight excluding hydrogens is 540 g/mol. The number of allylic oxidation sites excluding steroid dienone is 1. The number of carbonyl (C=O) groups is 1. The van der Waals surface area contributed by atoms with Gasteiger partial charge in [-0.05, 0) is 67.9 Å². The fourth-order valence-electron chi connectivity index (χ4n) is 4.46. The number of hydrogen-bond donors (Lipinski definition) is 0. The number of halogens is 1. The number of aromatic nitrogens is 1. The fourth-order valence-corrected chi connectivity index (χ4v) is 5.61. The highest BCUT2D eigenvalue weighted by Crippen LogP contribution is 2.36. The molecule has 0 unspecified atom stereocenters. The Labute approximate surface area is 233 Å². The summed E-state index contributed by atoms with van der Waals surface area (Å²) in [6.45, 7) is 3.66. The van der Waals surface area contributed by atoms with Crippen LogP contribution in [0.3, 0.4) is 0 Å². The van der Waals surface area contributed by atoms with Crippen molar-refractivity contribution in [1.29, 1.82) is 0 Å². The topological polar surface area (TPSA) is 92.3 Å². The first-order chi connectivity index (χ1) is 18.8. The van der Waals surface area contributed by atoms with E-state index in [9.17, 15) is 9.59 Å². The zero-order valence-electron chi connectivity index (χ0n) is 21.7. The lowest BCUT2D eigenvalue weighted by molar-refractivity contribution is -0.139. The molecule has 0 saturated carbocycles. The van der Waals surface area contributed by atoms with Gasteiger partial charge in [0.15, 0.2) is 16.3 Å². The van der Waals surface area contributed by atoms with Crippen molar-refractivity contribution in [1.82, 2.24) is 4.57 Å². The van der Waals surface area contributed by atoms with E-state index in [0.717, 1.165) is 5.56 Å². The van der Waals surface area contributed by atoms with Crippen molar-refractivity contribution >= 4 is 35.0 Å². The van der Waals surface area contributed by atoms with Gasteiger partial charge in [0, 0.05) is 16.7 Å². The van der Waals surface area contributed by atoms with Gasteiger partial charge in [-0.25, -0.2) is 9.79 Å². The average molecular weight is 565 g/mol. The molecule has 0 N–H and O–H groups in total. The summed E-state index contributed by atoms with van der Waals surface area (Å²) in [6.07, 6.45) is 1.68. The van der Waals surface area contributed by atoms with E-state index >= 15 is 0 Å². The molecule has 0 fully saturated rings. The normalized spacial score (nSPS) is 15.1. The average Bonchev–Trinajstić information content (AvgIpc) is 3.52. The van der Waals surface area contributed by atoms with Gasteiger partial charge in [-0.1, -0.05) is 29.0 Å². The van der Waals surface area contributed by atoms with Gasteiger partial charge in [0.25, 0.3) is 5.56 Å². The lowest BCUT2D eigenvalue weighted by Gasteiger charge is -2.25. The van der Waals surface area contributed by atoms with Gasteiger partial charge < -0.3 is 18.6 Å². The van der Waals surface area contributed by atoms with Gasteiger partial charge in [-0.15, -0.1) is 0 Å². The highest BCUT2D eigenvalue weighted by Gasteiger charge is 2.34. The maximum atomic E-state index is 13.8. The number of nitrogens with zero attached hydrogens (tertiary/aromatic N) is 2. The van der Waals surface area contributed by atoms with Crippen molar-refractivity contribution in [3.05, 3.63) is 102 Å². The molecule has 0 spiro atoms. The van der Waals surface area contributed by atoms with Crippen molar-refractivity contribution in [2.24, 2.45) is 4.99 Å². The third-order valence-electron chi connectivity index (χ3n) is 6.27. The quantitative estimate of drug-likeness (QED) is 0.301. The second kappa shape index (κ2) is 11.0. The number of rotatable bonds is 7. The number of hydrogen-bond acceptors (Lipinski definition) is 8. The number of fused-ring (bicyclic) bond motifs is 1. The molecule has 0 saturated heterocycles. The lowest BCUT2D eigenvalue weighted by Crippen LogP contribution is -2.39. The van der Waals surface area contributed by atoms with Crippen molar-refractivity contribution in [2.75, 3.05) is 20.8 Å². The van der Waals surface area contributed by atoms with E-state index in [0.29, 0.717) is 48.6 Å². The molecular formula is C29H25ClN2O6S. The second-order valence-corrected chi connectivity index (χ2v) is 10.1. The van der Waals surface area contributed by atoms with E-state index < -0.39 is 12.0 Å². The van der Waals surface area contributed by atoms with Crippen molar-refractivity contribution in [2.45, 2.75) is 19.9 Å². The first kappa shape index (κ1) is 26.5. The van der Waals surface area contributed by atoms with Crippen molar-refractivity contribution in [3.63, 3.8) is 0 Å². The zero-order valence-corrected chi connectivity index (χ0v) is 23.3. The van der Waals surface area contributed by atoms with Crippen LogP contribution in [-0.2, 0) is 9.53 Å². The zero-order chi connectivity index (χ0) is 27.7. The van der Waals surface area contributed by atoms with Crippen LogP contribution in [0.5, 0.6) is 11.5 Å². The van der Waals surface area contributed by atoms with Gasteiger partial charge in [-0.2, -0.15) is 0 Å². The smallest absolute Gasteiger partial charge is 0.338 e. The van der Waals surface area contributed by atoms with E-state index in [4.69, 9.17) is 30.2 Å². The van der Waals surface area contributed by atoms with Crippen molar-refractivity contribution in [3.8, 4) is 22.8 Å². The van der Waals surface area contributed by atoms with Gasteiger partial charge in [0.1, 0.15) is 11.5 Å². The van der Waals surface area contributed by atoms with Gasteiger partial charge in [0.2, 0.25) is 0 Å². The molecule has 3 heterocycles. The number of carbonyl (C=O) groups excluding carboxylic acids is 1. The van der Waals surface area contributed by atoms with Crippen molar-refractivity contribution < 1.29 is 23.4 Å². The summed E-state index contributed by atoms with van der Waals surface area (Å²) in [5.41, 5.74) is 1.97. The van der Waals surface area contributed by atoms with Crippen LogP contribution >= 0.6 is 22.9 Å². The third-order valence-corrected chi connectivity index (χ3v) is 7.50. The predicted octanol–water partition coefficient (Wildman–Crippen LogP) is 4.73. The Bertz CT molecular complexity index is 1760. The van der Waals surface area contributed by atoms with Crippen LogP contribution in [0.25, 0.3) is 17.4 Å². The lowest BCUT2D eigenvalue weighted by atomic mass is 9.95. The highest BCUT2D eigenvalue weighted by atomic mass is 35.5. The molecule has 39 heavy (non-hydrogen) atoms. The van der Waals surface area contributed by atoms with Crippen LogP contribution in [0.15, 0.2) is 80.1 Å². The Morgan fingerprint density at radius 2 is 1.85 bits per heavy atom. The number of furan rings is 1. The van der Waals surface area contributed by atoms with Crippen LogP contribution in [0.4, 0.5) is 0 Å². The van der Waals surface area contributed by atoms with Crippen LogP contribution < -0.4 is 24.4 Å². The third kappa shape index (κ3) is 5.03. The van der Waals surface area contributed by atoms with Crippen LogP contribution in [0.1, 0.15) is 31.2 Å².